The van der Waals surface area contributed by atoms with Gasteiger partial charge in [-0.1, -0.05) is 13.8 Å². The molecule has 6 nitrogen and oxygen atoms in total. The lowest BCUT2D eigenvalue weighted by atomic mass is 10.2. The van der Waals surface area contributed by atoms with Gasteiger partial charge in [0.15, 0.2) is 0 Å². The minimum Gasteiger partial charge on any atom is -0.390 e. The number of aromatic nitrogens is 3. The average molecular weight is 269 g/mol. The maximum Gasteiger partial charge on any atom is 0.437 e. The molecule has 18 heavy (non-hydrogen) atoms. The van der Waals surface area contributed by atoms with Gasteiger partial charge >= 0.3 is 5.76 Å². The van der Waals surface area contributed by atoms with E-state index < -0.39 is 5.76 Å². The normalized spacial score (nSPS) is 11.3. The fourth-order valence-electron chi connectivity index (χ4n) is 1.44. The topological polar surface area (TPSA) is 70.2 Å². The Bertz CT molecular complexity index is 570. The summed E-state index contributed by atoms with van der Waals surface area (Å²) in [5, 5.41) is 7.02. The first-order valence-electron chi connectivity index (χ1n) is 5.60. The van der Waals surface area contributed by atoms with E-state index in [-0.39, 0.29) is 12.5 Å². The van der Waals surface area contributed by atoms with Crippen molar-refractivity contribution in [1.82, 2.24) is 14.8 Å². The van der Waals surface area contributed by atoms with Gasteiger partial charge in [-0.3, -0.25) is 0 Å². The summed E-state index contributed by atoms with van der Waals surface area (Å²) in [5.41, 5.74) is 0.822. The fourth-order valence-corrected chi connectivity index (χ4v) is 2.27. The summed E-state index contributed by atoms with van der Waals surface area (Å²) in [4.78, 5) is 16.0. The number of nitrogens with zero attached hydrogens (tertiary/aromatic N) is 3. The molecule has 0 amide bonds. The highest BCUT2D eigenvalue weighted by molar-refractivity contribution is 7.09. The molecule has 2 aromatic heterocycles. The molecule has 0 aromatic carbocycles. The van der Waals surface area contributed by atoms with E-state index >= 15 is 0 Å². The van der Waals surface area contributed by atoms with E-state index in [1.807, 2.05) is 5.38 Å². The Morgan fingerprint density at radius 2 is 2.33 bits per heavy atom. The van der Waals surface area contributed by atoms with Gasteiger partial charge in [-0.2, -0.15) is 4.68 Å². The molecular formula is C11H15N3O3S. The molecule has 0 radical (unpaired) electrons. The molecule has 0 atom stereocenters. The smallest absolute Gasteiger partial charge is 0.390 e. The van der Waals surface area contributed by atoms with Crippen LogP contribution >= 0.6 is 11.3 Å². The quantitative estimate of drug-likeness (QED) is 0.824. The Kier molecular flexibility index (Phi) is 3.93. The van der Waals surface area contributed by atoms with E-state index in [1.54, 1.807) is 11.3 Å². The zero-order chi connectivity index (χ0) is 13.1. The van der Waals surface area contributed by atoms with Gasteiger partial charge in [0, 0.05) is 18.4 Å². The maximum atomic E-state index is 11.5. The highest BCUT2D eigenvalue weighted by Gasteiger charge is 2.11. The molecule has 0 aliphatic carbocycles. The largest absolute Gasteiger partial charge is 0.437 e. The van der Waals surface area contributed by atoms with Crippen molar-refractivity contribution in [3.63, 3.8) is 0 Å². The van der Waals surface area contributed by atoms with E-state index in [0.717, 1.165) is 10.7 Å². The molecule has 0 spiro atoms. The highest BCUT2D eigenvalue weighted by Crippen LogP contribution is 2.19. The summed E-state index contributed by atoms with van der Waals surface area (Å²) < 4.78 is 11.0. The number of ether oxygens (including phenoxy) is 1. The van der Waals surface area contributed by atoms with E-state index in [0.29, 0.717) is 12.5 Å². The number of methoxy groups -OCH3 is 1. The first kappa shape index (κ1) is 13.0. The Labute approximate surface area is 108 Å². The van der Waals surface area contributed by atoms with Crippen molar-refractivity contribution in [2.75, 3.05) is 7.11 Å². The summed E-state index contributed by atoms with van der Waals surface area (Å²) >= 11 is 1.59. The van der Waals surface area contributed by atoms with Gasteiger partial charge in [0.1, 0.15) is 6.61 Å². The Morgan fingerprint density at radius 3 is 2.94 bits per heavy atom. The van der Waals surface area contributed by atoms with Crippen LogP contribution in [0.5, 0.6) is 0 Å². The van der Waals surface area contributed by atoms with Crippen LogP contribution in [0.4, 0.5) is 0 Å². The van der Waals surface area contributed by atoms with E-state index in [1.165, 1.54) is 11.8 Å². The molecule has 2 heterocycles. The summed E-state index contributed by atoms with van der Waals surface area (Å²) in [6.07, 6.45) is 0. The second-order valence-corrected chi connectivity index (χ2v) is 5.07. The monoisotopic (exact) mass is 269 g/mol. The highest BCUT2D eigenvalue weighted by atomic mass is 32.1. The van der Waals surface area contributed by atoms with Crippen molar-refractivity contribution >= 4 is 11.3 Å². The predicted octanol–water partition coefficient (Wildman–Crippen LogP) is 1.61. The summed E-state index contributed by atoms with van der Waals surface area (Å²) in [7, 11) is 1.52. The standard InChI is InChI=1S/C11H15N3O3S/c1-7(2)10-12-8(6-18-10)4-14-11(15)17-9(13-14)5-16-3/h6-7H,4-5H2,1-3H3. The molecule has 0 aliphatic heterocycles. The van der Waals surface area contributed by atoms with Crippen LogP contribution in [0.2, 0.25) is 0 Å². The minimum atomic E-state index is -0.485. The first-order valence-corrected chi connectivity index (χ1v) is 6.48. The summed E-state index contributed by atoms with van der Waals surface area (Å²) in [6, 6.07) is 0. The number of thiazole rings is 1. The Morgan fingerprint density at radius 1 is 1.56 bits per heavy atom. The van der Waals surface area contributed by atoms with Crippen LogP contribution in [0.25, 0.3) is 0 Å². The summed E-state index contributed by atoms with van der Waals surface area (Å²) in [6.45, 7) is 4.69. The molecule has 0 fully saturated rings. The van der Waals surface area contributed by atoms with E-state index in [9.17, 15) is 4.79 Å². The van der Waals surface area contributed by atoms with Crippen LogP contribution in [0, 0.1) is 0 Å². The average Bonchev–Trinajstić information content (AvgIpc) is 2.88. The number of hydrogen-bond donors (Lipinski definition) is 0. The molecule has 0 aliphatic rings. The van der Waals surface area contributed by atoms with Crippen LogP contribution < -0.4 is 5.76 Å². The van der Waals surface area contributed by atoms with Gasteiger partial charge in [0.2, 0.25) is 5.89 Å². The lowest BCUT2D eigenvalue weighted by Gasteiger charge is -1.97. The molecule has 0 N–H and O–H groups in total. The van der Waals surface area contributed by atoms with Crippen LogP contribution in [-0.2, 0) is 17.9 Å². The molecule has 2 aromatic rings. The van der Waals surface area contributed by atoms with Crippen LogP contribution in [0.3, 0.4) is 0 Å². The van der Waals surface area contributed by atoms with Crippen molar-refractivity contribution in [3.05, 3.63) is 32.5 Å². The molecule has 7 heteroatoms. The minimum absolute atomic E-state index is 0.191. The second-order valence-electron chi connectivity index (χ2n) is 4.18. The molecule has 2 rings (SSSR count). The molecule has 98 valence electrons. The third-order valence-electron chi connectivity index (χ3n) is 2.29. The molecule has 0 bridgehead atoms. The van der Waals surface area contributed by atoms with Gasteiger partial charge in [0.25, 0.3) is 0 Å². The van der Waals surface area contributed by atoms with Crippen LogP contribution in [-0.4, -0.2) is 21.9 Å². The second kappa shape index (κ2) is 5.45. The first-order chi connectivity index (χ1) is 8.60. The van der Waals surface area contributed by atoms with Gasteiger partial charge in [-0.15, -0.1) is 16.4 Å². The van der Waals surface area contributed by atoms with Crippen molar-refractivity contribution < 1.29 is 9.15 Å². The number of rotatable bonds is 5. The van der Waals surface area contributed by atoms with E-state index in [4.69, 9.17) is 9.15 Å². The predicted molar refractivity (Wildman–Crippen MR) is 66.8 cm³/mol. The molecule has 0 unspecified atom stereocenters. The van der Waals surface area contributed by atoms with Crippen molar-refractivity contribution in [2.24, 2.45) is 0 Å². The van der Waals surface area contributed by atoms with Gasteiger partial charge in [-0.05, 0) is 0 Å². The Balaban J connectivity index is 2.15. The third kappa shape index (κ3) is 2.85. The zero-order valence-electron chi connectivity index (χ0n) is 10.5. The zero-order valence-corrected chi connectivity index (χ0v) is 11.4. The fraction of sp³-hybridized carbons (Fsp3) is 0.545. The molecular weight excluding hydrogens is 254 g/mol. The van der Waals surface area contributed by atoms with Gasteiger partial charge in [0.05, 0.1) is 17.2 Å². The van der Waals surface area contributed by atoms with Gasteiger partial charge in [-0.25, -0.2) is 9.78 Å². The lowest BCUT2D eigenvalue weighted by Crippen LogP contribution is -2.16. The Hall–Kier alpha value is -1.47. The van der Waals surface area contributed by atoms with Gasteiger partial charge < -0.3 is 9.15 Å². The maximum absolute atomic E-state index is 11.5. The SMILES string of the molecule is COCc1nn(Cc2csc(C(C)C)n2)c(=O)o1. The van der Waals surface area contributed by atoms with Crippen molar-refractivity contribution in [2.45, 2.75) is 32.9 Å². The lowest BCUT2D eigenvalue weighted by molar-refractivity contribution is 0.158. The number of hydrogen-bond acceptors (Lipinski definition) is 6. The van der Waals surface area contributed by atoms with E-state index in [2.05, 4.69) is 23.9 Å². The molecule has 0 saturated heterocycles. The van der Waals surface area contributed by atoms with Crippen LogP contribution in [0.15, 0.2) is 14.6 Å². The van der Waals surface area contributed by atoms with Crippen molar-refractivity contribution in [1.29, 1.82) is 0 Å². The summed E-state index contributed by atoms with van der Waals surface area (Å²) in [5.74, 6) is 0.185. The van der Waals surface area contributed by atoms with Crippen molar-refractivity contribution in [3.8, 4) is 0 Å². The molecule has 0 saturated carbocycles. The third-order valence-corrected chi connectivity index (χ3v) is 3.49. The van der Waals surface area contributed by atoms with Crippen LogP contribution in [0.1, 0.15) is 36.4 Å².